The van der Waals surface area contributed by atoms with Crippen molar-refractivity contribution in [3.05, 3.63) is 35.9 Å². The van der Waals surface area contributed by atoms with Gasteiger partial charge in [0.1, 0.15) is 5.69 Å². The van der Waals surface area contributed by atoms with Gasteiger partial charge in [-0.3, -0.25) is 14.0 Å². The molecule has 0 amide bonds. The summed E-state index contributed by atoms with van der Waals surface area (Å²) in [6.45, 7) is 1.17. The lowest BCUT2D eigenvalue weighted by atomic mass is 10.2. The van der Waals surface area contributed by atoms with Crippen molar-refractivity contribution in [3.8, 4) is 0 Å². The van der Waals surface area contributed by atoms with Gasteiger partial charge in [0.15, 0.2) is 11.6 Å². The van der Waals surface area contributed by atoms with Crippen LogP contribution in [0.5, 0.6) is 0 Å². The summed E-state index contributed by atoms with van der Waals surface area (Å²) in [5, 5.41) is 0. The van der Waals surface area contributed by atoms with E-state index in [0.717, 1.165) is 0 Å². The van der Waals surface area contributed by atoms with Crippen LogP contribution in [0.2, 0.25) is 0 Å². The summed E-state index contributed by atoms with van der Waals surface area (Å²) in [5.74, 6) is -2.77. The fourth-order valence-corrected chi connectivity index (χ4v) is 1.59. The quantitative estimate of drug-likeness (QED) is 0.774. The molecule has 4 nitrogen and oxygen atoms in total. The molecular formula is C11H7F3N2O2. The van der Waals surface area contributed by atoms with Crippen molar-refractivity contribution < 1.29 is 22.8 Å². The zero-order valence-corrected chi connectivity index (χ0v) is 9.15. The predicted octanol–water partition coefficient (Wildman–Crippen LogP) is 2.28. The molecule has 2 aromatic rings. The minimum Gasteiger partial charge on any atom is -0.297 e. The van der Waals surface area contributed by atoms with E-state index < -0.39 is 23.4 Å². The summed E-state index contributed by atoms with van der Waals surface area (Å²) in [6.07, 6.45) is -3.63. The van der Waals surface area contributed by atoms with Gasteiger partial charge in [-0.1, -0.05) is 6.07 Å². The summed E-state index contributed by atoms with van der Waals surface area (Å²) in [5.41, 5.74) is -0.793. The van der Waals surface area contributed by atoms with Gasteiger partial charge in [-0.15, -0.1) is 0 Å². The Kier molecular flexibility index (Phi) is 2.68. The predicted molar refractivity (Wildman–Crippen MR) is 55.6 cm³/mol. The Morgan fingerprint density at radius 1 is 1.28 bits per heavy atom. The van der Waals surface area contributed by atoms with E-state index in [1.165, 1.54) is 35.7 Å². The smallest absolute Gasteiger partial charge is 0.297 e. The van der Waals surface area contributed by atoms with Gasteiger partial charge in [0.05, 0.1) is 5.52 Å². The molecule has 0 aromatic carbocycles. The van der Waals surface area contributed by atoms with Crippen molar-refractivity contribution in [2.45, 2.75) is 13.1 Å². The average Bonchev–Trinajstić information content (AvgIpc) is 2.66. The van der Waals surface area contributed by atoms with Crippen molar-refractivity contribution in [2.75, 3.05) is 0 Å². The van der Waals surface area contributed by atoms with Crippen LogP contribution in [0.1, 0.15) is 28.0 Å². The van der Waals surface area contributed by atoms with Crippen LogP contribution in [0, 0.1) is 0 Å². The molecule has 0 aliphatic carbocycles. The minimum atomic E-state index is -5.02. The second-order valence-corrected chi connectivity index (χ2v) is 3.62. The molecular weight excluding hydrogens is 249 g/mol. The number of pyridine rings is 1. The van der Waals surface area contributed by atoms with Crippen LogP contribution in [-0.4, -0.2) is 27.1 Å². The number of hydrogen-bond donors (Lipinski definition) is 0. The van der Waals surface area contributed by atoms with Gasteiger partial charge in [-0.2, -0.15) is 13.2 Å². The number of nitrogens with zero attached hydrogens (tertiary/aromatic N) is 2. The van der Waals surface area contributed by atoms with E-state index in [4.69, 9.17) is 0 Å². The Bertz CT molecular complexity index is 643. The fourth-order valence-electron chi connectivity index (χ4n) is 1.59. The number of hydrogen-bond acceptors (Lipinski definition) is 3. The Balaban J connectivity index is 2.73. The van der Waals surface area contributed by atoms with Crippen molar-refractivity contribution in [3.63, 3.8) is 0 Å². The number of ketones is 2. The average molecular weight is 256 g/mol. The maximum Gasteiger partial charge on any atom is 0.456 e. The van der Waals surface area contributed by atoms with E-state index in [9.17, 15) is 22.8 Å². The van der Waals surface area contributed by atoms with Gasteiger partial charge in [0, 0.05) is 13.1 Å². The molecule has 0 radical (unpaired) electrons. The van der Waals surface area contributed by atoms with Gasteiger partial charge in [0.25, 0.3) is 5.78 Å². The first kappa shape index (κ1) is 12.3. The number of Topliss-reactive ketones (excluding diaryl/α,β-unsaturated/α-hetero) is 2. The number of fused-ring (bicyclic) bond motifs is 1. The molecule has 0 spiro atoms. The second kappa shape index (κ2) is 3.94. The third-order valence-corrected chi connectivity index (χ3v) is 2.34. The summed E-state index contributed by atoms with van der Waals surface area (Å²) < 4.78 is 38.3. The third-order valence-electron chi connectivity index (χ3n) is 2.34. The Hall–Kier alpha value is -2.18. The topological polar surface area (TPSA) is 51.4 Å². The highest BCUT2D eigenvalue weighted by molar-refractivity contribution is 6.06. The number of carbonyl (C=O) groups excluding carboxylic acids is 2. The monoisotopic (exact) mass is 256 g/mol. The number of halogens is 3. The van der Waals surface area contributed by atoms with Gasteiger partial charge >= 0.3 is 6.18 Å². The number of alkyl halides is 3. The first-order valence-corrected chi connectivity index (χ1v) is 4.92. The number of aromatic nitrogens is 2. The van der Waals surface area contributed by atoms with E-state index in [-0.39, 0.29) is 11.3 Å². The van der Waals surface area contributed by atoms with Crippen LogP contribution in [0.4, 0.5) is 13.2 Å². The lowest BCUT2D eigenvalue weighted by molar-refractivity contribution is -0.0887. The molecule has 0 unspecified atom stereocenters. The van der Waals surface area contributed by atoms with Gasteiger partial charge in [-0.05, 0) is 12.1 Å². The summed E-state index contributed by atoms with van der Waals surface area (Å²) in [7, 11) is 0. The molecule has 0 fully saturated rings. The summed E-state index contributed by atoms with van der Waals surface area (Å²) in [4.78, 5) is 26.0. The van der Waals surface area contributed by atoms with Gasteiger partial charge < -0.3 is 0 Å². The van der Waals surface area contributed by atoms with Crippen molar-refractivity contribution in [2.24, 2.45) is 0 Å². The fraction of sp³-hybridized carbons (Fsp3) is 0.182. The van der Waals surface area contributed by atoms with Crippen LogP contribution in [0.15, 0.2) is 24.4 Å². The maximum atomic E-state index is 12.4. The Morgan fingerprint density at radius 2 is 1.94 bits per heavy atom. The van der Waals surface area contributed by atoms with Gasteiger partial charge in [-0.25, -0.2) is 4.98 Å². The molecule has 94 valence electrons. The standard InChI is InChI=1S/C11H7F3N2O2/c1-6(17)10-15-8(9(18)11(12,13)14)7-4-2-3-5-16(7)10/h2-5H,1H3. The van der Waals surface area contributed by atoms with Crippen LogP contribution in [0.3, 0.4) is 0 Å². The molecule has 7 heteroatoms. The zero-order chi connectivity index (χ0) is 13.5. The molecule has 0 saturated heterocycles. The van der Waals surface area contributed by atoms with Crippen LogP contribution >= 0.6 is 0 Å². The molecule has 0 saturated carbocycles. The first-order valence-electron chi connectivity index (χ1n) is 4.92. The molecule has 2 heterocycles. The molecule has 2 aromatic heterocycles. The summed E-state index contributed by atoms with van der Waals surface area (Å²) >= 11 is 0. The number of rotatable bonds is 2. The van der Waals surface area contributed by atoms with E-state index in [2.05, 4.69) is 4.98 Å². The molecule has 0 atom stereocenters. The normalized spacial score (nSPS) is 11.8. The zero-order valence-electron chi connectivity index (χ0n) is 9.15. The number of carbonyl (C=O) groups is 2. The van der Waals surface area contributed by atoms with Crippen LogP contribution < -0.4 is 0 Å². The van der Waals surface area contributed by atoms with E-state index >= 15 is 0 Å². The SMILES string of the molecule is CC(=O)c1nc(C(=O)C(F)(F)F)c2ccccn12. The Labute approximate surface area is 99.0 Å². The first-order chi connectivity index (χ1) is 8.32. The lowest BCUT2D eigenvalue weighted by Crippen LogP contribution is -2.23. The summed E-state index contributed by atoms with van der Waals surface area (Å²) in [6, 6.07) is 4.30. The number of imidazole rings is 1. The molecule has 0 bridgehead atoms. The Morgan fingerprint density at radius 3 is 2.50 bits per heavy atom. The van der Waals surface area contributed by atoms with E-state index in [0.29, 0.717) is 0 Å². The van der Waals surface area contributed by atoms with Crippen molar-refractivity contribution >= 4 is 17.1 Å². The minimum absolute atomic E-state index is 0.0370. The molecule has 2 rings (SSSR count). The highest BCUT2D eigenvalue weighted by atomic mass is 19.4. The highest BCUT2D eigenvalue weighted by Crippen LogP contribution is 2.24. The third kappa shape index (κ3) is 1.87. The van der Waals surface area contributed by atoms with Crippen LogP contribution in [0.25, 0.3) is 5.52 Å². The van der Waals surface area contributed by atoms with Crippen LogP contribution in [-0.2, 0) is 0 Å². The highest BCUT2D eigenvalue weighted by Gasteiger charge is 2.42. The molecule has 0 aliphatic heterocycles. The van der Waals surface area contributed by atoms with E-state index in [1.807, 2.05) is 0 Å². The molecule has 0 N–H and O–H groups in total. The molecule has 18 heavy (non-hydrogen) atoms. The maximum absolute atomic E-state index is 12.4. The van der Waals surface area contributed by atoms with Crippen molar-refractivity contribution in [1.82, 2.24) is 9.38 Å². The van der Waals surface area contributed by atoms with Gasteiger partial charge in [0.2, 0.25) is 0 Å². The molecule has 0 aliphatic rings. The van der Waals surface area contributed by atoms with Crippen molar-refractivity contribution in [1.29, 1.82) is 0 Å². The lowest BCUT2D eigenvalue weighted by Gasteiger charge is -2.02. The largest absolute Gasteiger partial charge is 0.456 e. The second-order valence-electron chi connectivity index (χ2n) is 3.62. The van der Waals surface area contributed by atoms with E-state index in [1.54, 1.807) is 0 Å².